The molecule has 0 atom stereocenters. The standard InChI is InChI=1S/C14H11N5O3/c1-8-2-3-10-9(4-8)12-15-6-17-19(12)5-11-13(22-14(20)21)16-7-18(10)11/h2-4,6-7H,5H2,1H3,(H,20,21). The predicted octanol–water partition coefficient (Wildman–Crippen LogP) is 1.86. The summed E-state index contributed by atoms with van der Waals surface area (Å²) in [5.41, 5.74) is 3.48. The van der Waals surface area contributed by atoms with Crippen LogP contribution in [0.1, 0.15) is 11.3 Å². The molecule has 4 rings (SSSR count). The molecule has 0 aliphatic carbocycles. The second-order valence-corrected chi connectivity index (χ2v) is 5.00. The lowest BCUT2D eigenvalue weighted by Crippen LogP contribution is -2.09. The molecule has 0 saturated carbocycles. The van der Waals surface area contributed by atoms with Crippen LogP contribution in [0.25, 0.3) is 17.1 Å². The van der Waals surface area contributed by atoms with Crippen molar-refractivity contribution in [3.63, 3.8) is 0 Å². The van der Waals surface area contributed by atoms with Gasteiger partial charge in [-0.05, 0) is 19.1 Å². The molecule has 0 unspecified atom stereocenters. The van der Waals surface area contributed by atoms with Crippen molar-refractivity contribution in [1.29, 1.82) is 0 Å². The van der Waals surface area contributed by atoms with Gasteiger partial charge in [-0.1, -0.05) is 11.6 Å². The summed E-state index contributed by atoms with van der Waals surface area (Å²) < 4.78 is 8.27. The molecule has 1 aromatic carbocycles. The number of rotatable bonds is 1. The second kappa shape index (κ2) is 4.42. The van der Waals surface area contributed by atoms with Crippen LogP contribution >= 0.6 is 0 Å². The molecular formula is C14H11N5O3. The Bertz CT molecular complexity index is 896. The first-order valence-corrected chi connectivity index (χ1v) is 6.59. The third-order valence-electron chi connectivity index (χ3n) is 3.58. The van der Waals surface area contributed by atoms with Crippen LogP contribution < -0.4 is 4.74 Å². The highest BCUT2D eigenvalue weighted by Gasteiger charge is 2.25. The summed E-state index contributed by atoms with van der Waals surface area (Å²) in [7, 11) is 0. The van der Waals surface area contributed by atoms with Gasteiger partial charge in [0, 0.05) is 5.56 Å². The number of carboxylic acid groups (broad SMARTS) is 1. The number of fused-ring (bicyclic) bond motifs is 5. The van der Waals surface area contributed by atoms with Crippen molar-refractivity contribution in [3.05, 3.63) is 42.1 Å². The van der Waals surface area contributed by atoms with Crippen LogP contribution in [0, 0.1) is 6.92 Å². The van der Waals surface area contributed by atoms with E-state index in [2.05, 4.69) is 15.1 Å². The number of hydrogen-bond donors (Lipinski definition) is 1. The lowest BCUT2D eigenvalue weighted by molar-refractivity contribution is 0.142. The van der Waals surface area contributed by atoms with E-state index in [1.165, 1.54) is 6.33 Å². The summed E-state index contributed by atoms with van der Waals surface area (Å²) in [5.74, 6) is 0.783. The molecule has 0 spiro atoms. The molecule has 2 aromatic heterocycles. The van der Waals surface area contributed by atoms with Crippen molar-refractivity contribution in [3.8, 4) is 23.0 Å². The Morgan fingerprint density at radius 2 is 2.23 bits per heavy atom. The summed E-state index contributed by atoms with van der Waals surface area (Å²) in [5, 5.41) is 13.0. The zero-order chi connectivity index (χ0) is 15.3. The van der Waals surface area contributed by atoms with Gasteiger partial charge in [0.2, 0.25) is 5.88 Å². The predicted molar refractivity (Wildman–Crippen MR) is 75.1 cm³/mol. The fourth-order valence-corrected chi connectivity index (χ4v) is 2.65. The molecule has 0 saturated heterocycles. The molecule has 1 aliphatic heterocycles. The Balaban J connectivity index is 2.00. The van der Waals surface area contributed by atoms with Gasteiger partial charge >= 0.3 is 6.16 Å². The topological polar surface area (TPSA) is 95.1 Å². The minimum Gasteiger partial charge on any atom is -0.449 e. The number of ether oxygens (including phenoxy) is 1. The first kappa shape index (κ1) is 12.6. The zero-order valence-electron chi connectivity index (χ0n) is 11.6. The van der Waals surface area contributed by atoms with Gasteiger partial charge in [0.15, 0.2) is 5.82 Å². The number of aryl methyl sites for hydroxylation is 1. The lowest BCUT2D eigenvalue weighted by Gasteiger charge is -2.08. The normalized spacial score (nSPS) is 12.0. The van der Waals surface area contributed by atoms with Crippen molar-refractivity contribution in [2.45, 2.75) is 13.5 Å². The maximum absolute atomic E-state index is 10.8. The van der Waals surface area contributed by atoms with Crippen LogP contribution in [0.4, 0.5) is 4.79 Å². The Kier molecular flexibility index (Phi) is 2.52. The van der Waals surface area contributed by atoms with E-state index in [0.717, 1.165) is 22.6 Å². The fraction of sp³-hybridized carbons (Fsp3) is 0.143. The van der Waals surface area contributed by atoms with Gasteiger partial charge in [-0.15, -0.1) is 0 Å². The third-order valence-corrected chi connectivity index (χ3v) is 3.58. The average molecular weight is 297 g/mol. The molecule has 1 aliphatic rings. The van der Waals surface area contributed by atoms with E-state index in [0.29, 0.717) is 12.2 Å². The molecule has 3 aromatic rings. The summed E-state index contributed by atoms with van der Waals surface area (Å²) in [6.45, 7) is 2.32. The van der Waals surface area contributed by atoms with E-state index in [9.17, 15) is 4.79 Å². The molecule has 3 heterocycles. The summed E-state index contributed by atoms with van der Waals surface area (Å²) in [6.07, 6.45) is 1.63. The Labute approximate surface area is 124 Å². The smallest absolute Gasteiger partial charge is 0.449 e. The van der Waals surface area contributed by atoms with Gasteiger partial charge in [0.25, 0.3) is 0 Å². The second-order valence-electron chi connectivity index (χ2n) is 5.00. The van der Waals surface area contributed by atoms with E-state index in [4.69, 9.17) is 9.84 Å². The highest BCUT2D eigenvalue weighted by molar-refractivity contribution is 5.70. The monoisotopic (exact) mass is 297 g/mol. The number of nitrogens with zero attached hydrogens (tertiary/aromatic N) is 5. The third kappa shape index (κ3) is 1.77. The van der Waals surface area contributed by atoms with Gasteiger partial charge in [-0.25, -0.2) is 19.4 Å². The van der Waals surface area contributed by atoms with Crippen molar-refractivity contribution in [2.75, 3.05) is 0 Å². The van der Waals surface area contributed by atoms with E-state index in [1.807, 2.05) is 29.7 Å². The Hall–Kier alpha value is -3.16. The number of imidazole rings is 1. The highest BCUT2D eigenvalue weighted by Crippen LogP contribution is 2.33. The molecule has 8 heteroatoms. The van der Waals surface area contributed by atoms with Crippen LogP contribution in [0.3, 0.4) is 0 Å². The maximum Gasteiger partial charge on any atom is 0.512 e. The van der Waals surface area contributed by atoms with E-state index in [1.54, 1.807) is 11.0 Å². The van der Waals surface area contributed by atoms with Gasteiger partial charge in [-0.2, -0.15) is 5.10 Å². The minimum atomic E-state index is -1.39. The van der Waals surface area contributed by atoms with Gasteiger partial charge in [0.1, 0.15) is 18.3 Å². The number of benzene rings is 1. The summed E-state index contributed by atoms with van der Waals surface area (Å²) in [6, 6.07) is 5.94. The number of aromatic nitrogens is 5. The van der Waals surface area contributed by atoms with Crippen molar-refractivity contribution < 1.29 is 14.6 Å². The molecule has 0 amide bonds. The van der Waals surface area contributed by atoms with Crippen LogP contribution in [0.2, 0.25) is 0 Å². The van der Waals surface area contributed by atoms with Crippen molar-refractivity contribution in [2.24, 2.45) is 0 Å². The lowest BCUT2D eigenvalue weighted by atomic mass is 10.1. The van der Waals surface area contributed by atoms with Crippen LogP contribution in [-0.4, -0.2) is 35.6 Å². The molecule has 0 fully saturated rings. The largest absolute Gasteiger partial charge is 0.512 e. The SMILES string of the molecule is Cc1ccc2c(c1)-c1ncnn1Cc1c(OC(=O)O)ncn1-2. The van der Waals surface area contributed by atoms with Crippen molar-refractivity contribution in [1.82, 2.24) is 24.3 Å². The molecule has 0 bridgehead atoms. The zero-order valence-corrected chi connectivity index (χ0v) is 11.6. The van der Waals surface area contributed by atoms with Crippen LogP contribution in [0.15, 0.2) is 30.9 Å². The maximum atomic E-state index is 10.8. The minimum absolute atomic E-state index is 0.0578. The van der Waals surface area contributed by atoms with Crippen LogP contribution in [0.5, 0.6) is 5.88 Å². The quantitative estimate of drug-likeness (QED) is 0.539. The van der Waals surface area contributed by atoms with Gasteiger partial charge in [-0.3, -0.25) is 4.57 Å². The van der Waals surface area contributed by atoms with Gasteiger partial charge < -0.3 is 9.84 Å². The molecule has 110 valence electrons. The Morgan fingerprint density at radius 1 is 1.36 bits per heavy atom. The summed E-state index contributed by atoms with van der Waals surface area (Å²) in [4.78, 5) is 19.2. The fourth-order valence-electron chi connectivity index (χ4n) is 2.65. The summed E-state index contributed by atoms with van der Waals surface area (Å²) >= 11 is 0. The van der Waals surface area contributed by atoms with Crippen molar-refractivity contribution >= 4 is 6.16 Å². The van der Waals surface area contributed by atoms with E-state index >= 15 is 0 Å². The first-order chi connectivity index (χ1) is 10.6. The number of hydrogen-bond acceptors (Lipinski definition) is 5. The van der Waals surface area contributed by atoms with Gasteiger partial charge in [0.05, 0.1) is 12.2 Å². The number of carbonyl (C=O) groups is 1. The molecular weight excluding hydrogens is 286 g/mol. The first-order valence-electron chi connectivity index (χ1n) is 6.59. The van der Waals surface area contributed by atoms with Crippen LogP contribution in [-0.2, 0) is 6.54 Å². The molecule has 1 N–H and O–H groups in total. The average Bonchev–Trinajstić information content (AvgIpc) is 3.05. The highest BCUT2D eigenvalue weighted by atomic mass is 16.7. The van der Waals surface area contributed by atoms with E-state index < -0.39 is 6.16 Å². The molecule has 8 nitrogen and oxygen atoms in total. The molecule has 0 radical (unpaired) electrons. The molecule has 22 heavy (non-hydrogen) atoms. The van der Waals surface area contributed by atoms with E-state index in [-0.39, 0.29) is 5.88 Å². The Morgan fingerprint density at radius 3 is 3.05 bits per heavy atom.